The highest BCUT2D eigenvalue weighted by molar-refractivity contribution is 6.20. The normalized spacial score (nSPS) is 13.5. The highest BCUT2D eigenvalue weighted by atomic mass is 19.3. The lowest BCUT2D eigenvalue weighted by Crippen LogP contribution is -2.47. The van der Waals surface area contributed by atoms with Crippen LogP contribution in [0.1, 0.15) is 23.7 Å². The summed E-state index contributed by atoms with van der Waals surface area (Å²) in [6, 6.07) is 1.83. The fourth-order valence-corrected chi connectivity index (χ4v) is 4.35. The molecule has 0 saturated heterocycles. The van der Waals surface area contributed by atoms with Crippen LogP contribution in [0.5, 0.6) is 11.5 Å². The molecule has 0 bridgehead atoms. The quantitative estimate of drug-likeness (QED) is 0.277. The van der Waals surface area contributed by atoms with Crippen LogP contribution in [0.2, 0.25) is 0 Å². The number of urea groups is 1. The van der Waals surface area contributed by atoms with Gasteiger partial charge in [-0.15, -0.1) is 0 Å². The van der Waals surface area contributed by atoms with Gasteiger partial charge in [0.1, 0.15) is 12.2 Å². The molecule has 0 saturated carbocycles. The Morgan fingerprint density at radius 1 is 1.18 bits per heavy atom. The number of ether oxygens (including phenoxy) is 2. The molecule has 0 unspecified atom stereocenters. The maximum Gasteiger partial charge on any atom is 0.329 e. The topological polar surface area (TPSA) is 109 Å². The fourth-order valence-electron chi connectivity index (χ4n) is 4.35. The van der Waals surface area contributed by atoms with E-state index in [1.165, 1.54) is 37.7 Å². The molecule has 40 heavy (non-hydrogen) atoms. The fraction of sp³-hybridized carbons (Fsp3) is 0.308. The Kier molecular flexibility index (Phi) is 8.26. The molecule has 0 spiro atoms. The van der Waals surface area contributed by atoms with Gasteiger partial charge in [-0.05, 0) is 13.0 Å². The molecule has 2 N–H and O–H groups in total. The molecule has 10 nitrogen and oxygen atoms in total. The van der Waals surface area contributed by atoms with Crippen LogP contribution in [0.4, 0.5) is 33.7 Å². The van der Waals surface area contributed by atoms with Gasteiger partial charge in [0.15, 0.2) is 23.1 Å². The number of allylic oxidation sites excluding steroid dienone is 1. The van der Waals surface area contributed by atoms with E-state index in [1.54, 1.807) is 26.2 Å². The summed E-state index contributed by atoms with van der Waals surface area (Å²) in [6.45, 7) is 0.533. The molecule has 2 aromatic heterocycles. The monoisotopic (exact) mass is 561 g/mol. The van der Waals surface area contributed by atoms with Gasteiger partial charge in [0.05, 0.1) is 44.9 Å². The minimum Gasteiger partial charge on any atom is -0.493 e. The first kappa shape index (κ1) is 28.4. The summed E-state index contributed by atoms with van der Waals surface area (Å²) in [5.41, 5.74) is 1.57. The largest absolute Gasteiger partial charge is 0.493 e. The summed E-state index contributed by atoms with van der Waals surface area (Å²) in [5, 5.41) is 14.9. The second kappa shape index (κ2) is 11.6. The van der Waals surface area contributed by atoms with E-state index in [1.807, 2.05) is 0 Å². The van der Waals surface area contributed by atoms with Crippen molar-refractivity contribution >= 4 is 28.7 Å². The summed E-state index contributed by atoms with van der Waals surface area (Å²) in [4.78, 5) is 20.5. The SMILES string of the molecule is CN/C=C(\C(C)=N)c1cc2c(cn1)CN(c1c(F)c(OC)cc(OC)c1F)C(=O)N2Cc1cnn(CC(F)F)c1. The Morgan fingerprint density at radius 3 is 2.42 bits per heavy atom. The number of amides is 2. The molecular formula is C26H27F4N7O3. The smallest absolute Gasteiger partial charge is 0.329 e. The van der Waals surface area contributed by atoms with Crippen LogP contribution in [-0.2, 0) is 19.6 Å². The lowest BCUT2D eigenvalue weighted by Gasteiger charge is -2.37. The third kappa shape index (κ3) is 5.42. The van der Waals surface area contributed by atoms with E-state index < -0.39 is 36.3 Å². The number of nitrogens with one attached hydrogen (secondary N) is 2. The van der Waals surface area contributed by atoms with Gasteiger partial charge >= 0.3 is 6.03 Å². The molecule has 2 amide bonds. The number of hydrogen-bond acceptors (Lipinski definition) is 7. The van der Waals surface area contributed by atoms with Crippen LogP contribution in [0.15, 0.2) is 36.9 Å². The summed E-state index contributed by atoms with van der Waals surface area (Å²) in [7, 11) is 4.06. The van der Waals surface area contributed by atoms with E-state index in [4.69, 9.17) is 14.9 Å². The van der Waals surface area contributed by atoms with Gasteiger partial charge in [-0.3, -0.25) is 19.5 Å². The van der Waals surface area contributed by atoms with E-state index in [2.05, 4.69) is 15.4 Å². The van der Waals surface area contributed by atoms with Crippen LogP contribution in [0.25, 0.3) is 5.57 Å². The number of benzene rings is 1. The molecule has 3 heterocycles. The first-order chi connectivity index (χ1) is 19.1. The van der Waals surface area contributed by atoms with Crippen molar-refractivity contribution < 1.29 is 31.8 Å². The van der Waals surface area contributed by atoms with E-state index in [0.717, 1.165) is 15.6 Å². The van der Waals surface area contributed by atoms with Gasteiger partial charge in [0.25, 0.3) is 6.43 Å². The third-order valence-corrected chi connectivity index (χ3v) is 6.18. The van der Waals surface area contributed by atoms with Crippen molar-refractivity contribution in [1.82, 2.24) is 20.1 Å². The molecule has 0 fully saturated rings. The van der Waals surface area contributed by atoms with E-state index in [9.17, 15) is 13.6 Å². The van der Waals surface area contributed by atoms with Crippen LogP contribution in [-0.4, -0.2) is 54.2 Å². The van der Waals surface area contributed by atoms with Crippen LogP contribution < -0.4 is 24.6 Å². The number of aromatic nitrogens is 3. The zero-order chi connectivity index (χ0) is 29.1. The second-order valence-corrected chi connectivity index (χ2v) is 8.84. The van der Waals surface area contributed by atoms with Crippen molar-refractivity contribution in [2.24, 2.45) is 0 Å². The van der Waals surface area contributed by atoms with Gasteiger partial charge in [0.2, 0.25) is 0 Å². The first-order valence-electron chi connectivity index (χ1n) is 12.0. The van der Waals surface area contributed by atoms with Crippen molar-refractivity contribution in [3.8, 4) is 11.5 Å². The first-order valence-corrected chi connectivity index (χ1v) is 12.0. The van der Waals surface area contributed by atoms with Crippen molar-refractivity contribution in [2.75, 3.05) is 31.1 Å². The summed E-state index contributed by atoms with van der Waals surface area (Å²) < 4.78 is 67.7. The number of methoxy groups -OCH3 is 2. The molecule has 0 atom stereocenters. The Morgan fingerprint density at radius 2 is 1.85 bits per heavy atom. The molecule has 14 heteroatoms. The van der Waals surface area contributed by atoms with Gasteiger partial charge in [-0.1, -0.05) is 0 Å². The predicted octanol–water partition coefficient (Wildman–Crippen LogP) is 4.59. The third-order valence-electron chi connectivity index (χ3n) is 6.18. The standard InChI is InChI=1S/C26H27F4N7O3/c1-14(31)17(9-32-2)18-5-19-16(8-33-18)12-37(25-23(29)20(39-3)6-21(40-4)24(25)30)26(38)36(19)11-15-7-34-35(10-15)13-22(27)28/h5-10,22,31-32H,11-13H2,1-4H3/b17-9+,31-14?. The highest BCUT2D eigenvalue weighted by Gasteiger charge is 2.37. The zero-order valence-corrected chi connectivity index (χ0v) is 22.1. The van der Waals surface area contributed by atoms with Crippen molar-refractivity contribution in [3.63, 3.8) is 0 Å². The molecule has 0 aliphatic carbocycles. The summed E-state index contributed by atoms with van der Waals surface area (Å²) in [6.07, 6.45) is 3.10. The molecule has 1 aromatic carbocycles. The number of carbonyl (C=O) groups excluding carboxylic acids is 1. The highest BCUT2D eigenvalue weighted by Crippen LogP contribution is 2.41. The predicted molar refractivity (Wildman–Crippen MR) is 140 cm³/mol. The summed E-state index contributed by atoms with van der Waals surface area (Å²) >= 11 is 0. The van der Waals surface area contributed by atoms with Gasteiger partial charge in [-0.25, -0.2) is 22.4 Å². The average molecular weight is 562 g/mol. The van der Waals surface area contributed by atoms with E-state index >= 15 is 8.78 Å². The van der Waals surface area contributed by atoms with Gasteiger partial charge in [0, 0.05) is 54.1 Å². The van der Waals surface area contributed by atoms with Crippen LogP contribution >= 0.6 is 0 Å². The number of anilines is 2. The minimum absolute atomic E-state index is 0.159. The maximum absolute atomic E-state index is 15.4. The van der Waals surface area contributed by atoms with Crippen molar-refractivity contribution in [1.29, 1.82) is 5.41 Å². The number of hydrogen-bond donors (Lipinski definition) is 2. The molecule has 4 rings (SSSR count). The number of fused-ring (bicyclic) bond motifs is 1. The average Bonchev–Trinajstić information content (AvgIpc) is 3.35. The summed E-state index contributed by atoms with van der Waals surface area (Å²) in [5.74, 6) is -2.87. The molecule has 212 valence electrons. The van der Waals surface area contributed by atoms with E-state index in [-0.39, 0.29) is 30.3 Å². The van der Waals surface area contributed by atoms with Crippen molar-refractivity contribution in [2.45, 2.75) is 33.0 Å². The van der Waals surface area contributed by atoms with Gasteiger partial charge < -0.3 is 20.2 Å². The lowest BCUT2D eigenvalue weighted by molar-refractivity contribution is 0.122. The van der Waals surface area contributed by atoms with E-state index in [0.29, 0.717) is 28.1 Å². The second-order valence-electron chi connectivity index (χ2n) is 8.84. The number of halogens is 4. The molecule has 1 aliphatic heterocycles. The number of alkyl halides is 2. The number of carbonyl (C=O) groups is 1. The van der Waals surface area contributed by atoms with Crippen LogP contribution in [0.3, 0.4) is 0 Å². The molecule has 3 aromatic rings. The molecular weight excluding hydrogens is 534 g/mol. The number of pyridine rings is 1. The Bertz CT molecular complexity index is 1450. The minimum atomic E-state index is -2.63. The number of nitrogens with zero attached hydrogens (tertiary/aromatic N) is 5. The maximum atomic E-state index is 15.4. The number of rotatable bonds is 10. The zero-order valence-electron chi connectivity index (χ0n) is 22.1. The van der Waals surface area contributed by atoms with Gasteiger partial charge in [-0.2, -0.15) is 5.10 Å². The Hall–Kier alpha value is -4.62. The Labute approximate surface area is 227 Å². The molecule has 1 aliphatic rings. The van der Waals surface area contributed by atoms with Crippen LogP contribution in [0, 0.1) is 17.0 Å². The Balaban J connectivity index is 1.86. The lowest BCUT2D eigenvalue weighted by atomic mass is 10.0. The molecule has 0 radical (unpaired) electrons. The van der Waals surface area contributed by atoms with Crippen molar-refractivity contribution in [3.05, 3.63) is 65.4 Å².